The number of rotatable bonds is 2. The first-order valence-corrected chi connectivity index (χ1v) is 9.48. The molecule has 2 bridgehead atoms. The summed E-state index contributed by atoms with van der Waals surface area (Å²) in [6.45, 7) is 2.76. The molecule has 4 nitrogen and oxygen atoms in total. The Morgan fingerprint density at radius 3 is 2.48 bits per heavy atom. The van der Waals surface area contributed by atoms with Crippen molar-refractivity contribution in [1.29, 1.82) is 0 Å². The Morgan fingerprint density at radius 2 is 1.81 bits per heavy atom. The second-order valence-corrected chi connectivity index (χ2v) is 9.08. The summed E-state index contributed by atoms with van der Waals surface area (Å²) >= 11 is 3.41. The van der Waals surface area contributed by atoms with E-state index in [1.165, 1.54) is 4.31 Å². The van der Waals surface area contributed by atoms with Crippen LogP contribution >= 0.6 is 15.9 Å². The smallest absolute Gasteiger partial charge is 0.243 e. The van der Waals surface area contributed by atoms with Gasteiger partial charge in [-0.3, -0.25) is 4.79 Å². The molecule has 1 saturated heterocycles. The van der Waals surface area contributed by atoms with E-state index in [4.69, 9.17) is 0 Å². The first-order valence-electron chi connectivity index (χ1n) is 7.12. The lowest BCUT2D eigenvalue weighted by molar-refractivity contribution is -0.126. The molecular weight excluding hydrogens is 354 g/mol. The number of halogens is 1. The minimum atomic E-state index is -3.50. The lowest BCUT2D eigenvalue weighted by Crippen LogP contribution is -2.51. The molecule has 6 heteroatoms. The number of sulfonamides is 1. The molecule has 1 aliphatic carbocycles. The number of aryl methyl sites for hydroxylation is 1. The van der Waals surface area contributed by atoms with Gasteiger partial charge in [0.25, 0.3) is 0 Å². The van der Waals surface area contributed by atoms with Crippen LogP contribution in [0.2, 0.25) is 0 Å². The Bertz CT molecular complexity index is 654. The van der Waals surface area contributed by atoms with Crippen molar-refractivity contribution in [3.05, 3.63) is 29.8 Å². The van der Waals surface area contributed by atoms with Crippen molar-refractivity contribution in [1.82, 2.24) is 4.31 Å². The van der Waals surface area contributed by atoms with Gasteiger partial charge in [0.1, 0.15) is 0 Å². The average molecular weight is 372 g/mol. The molecule has 2 aliphatic rings. The molecule has 1 aliphatic heterocycles. The van der Waals surface area contributed by atoms with E-state index in [0.717, 1.165) is 18.4 Å². The van der Waals surface area contributed by atoms with E-state index in [1.807, 2.05) is 6.92 Å². The average Bonchev–Trinajstić information content (AvgIpc) is 2.45. The molecule has 0 radical (unpaired) electrons. The van der Waals surface area contributed by atoms with Gasteiger partial charge in [-0.15, -0.1) is 0 Å². The Morgan fingerprint density at radius 1 is 1.14 bits per heavy atom. The summed E-state index contributed by atoms with van der Waals surface area (Å²) in [5.74, 6) is 0.253. The number of carbonyl (C=O) groups excluding carboxylic acids is 1. The monoisotopic (exact) mass is 371 g/mol. The number of piperidine rings is 1. The summed E-state index contributed by atoms with van der Waals surface area (Å²) in [6.07, 6.45) is 1.55. The van der Waals surface area contributed by atoms with Crippen molar-refractivity contribution >= 4 is 31.7 Å². The van der Waals surface area contributed by atoms with E-state index in [2.05, 4.69) is 15.9 Å². The highest BCUT2D eigenvalue weighted by molar-refractivity contribution is 9.10. The number of hydrogen-bond acceptors (Lipinski definition) is 3. The van der Waals surface area contributed by atoms with Crippen LogP contribution in [0.4, 0.5) is 0 Å². The van der Waals surface area contributed by atoms with Gasteiger partial charge in [0.05, 0.1) is 9.72 Å². The van der Waals surface area contributed by atoms with Gasteiger partial charge in [-0.25, -0.2) is 8.42 Å². The molecule has 0 amide bonds. The van der Waals surface area contributed by atoms with Crippen molar-refractivity contribution in [2.45, 2.75) is 29.5 Å². The number of carbonyl (C=O) groups is 1. The summed E-state index contributed by atoms with van der Waals surface area (Å²) in [5, 5.41) is 0. The standard InChI is InChI=1S/C15H18BrNO3S/c1-10-2-4-13(5-3-10)21(19,20)17-8-11-6-12(9-17)15(18)14(16)7-11/h2-5,11-12,14H,6-9H2,1H3. The van der Waals surface area contributed by atoms with Crippen LogP contribution in [-0.2, 0) is 14.8 Å². The van der Waals surface area contributed by atoms with Gasteiger partial charge in [0.15, 0.2) is 5.78 Å². The second kappa shape index (κ2) is 5.48. The second-order valence-electron chi connectivity index (χ2n) is 6.04. The summed E-state index contributed by atoms with van der Waals surface area (Å²) in [6, 6.07) is 6.89. The number of hydrogen-bond donors (Lipinski definition) is 0. The van der Waals surface area contributed by atoms with E-state index >= 15 is 0 Å². The summed E-state index contributed by atoms with van der Waals surface area (Å²) in [7, 11) is -3.50. The van der Waals surface area contributed by atoms with Crippen LogP contribution in [0, 0.1) is 18.8 Å². The topological polar surface area (TPSA) is 54.5 Å². The normalized spacial score (nSPS) is 30.4. The first kappa shape index (κ1) is 15.2. The highest BCUT2D eigenvalue weighted by atomic mass is 79.9. The molecule has 1 saturated carbocycles. The Hall–Kier alpha value is -0.720. The minimum absolute atomic E-state index is 0.106. The van der Waals surface area contributed by atoms with Crippen LogP contribution in [-0.4, -0.2) is 36.4 Å². The molecule has 1 aromatic carbocycles. The van der Waals surface area contributed by atoms with Crippen LogP contribution in [0.15, 0.2) is 29.2 Å². The van der Waals surface area contributed by atoms with Gasteiger partial charge in [-0.1, -0.05) is 33.6 Å². The van der Waals surface area contributed by atoms with E-state index in [0.29, 0.717) is 18.0 Å². The van der Waals surface area contributed by atoms with Gasteiger partial charge in [0.2, 0.25) is 10.0 Å². The van der Waals surface area contributed by atoms with Gasteiger partial charge < -0.3 is 0 Å². The predicted octanol–water partition coefficient (Wildman–Crippen LogP) is 2.36. The molecule has 1 heterocycles. The molecule has 114 valence electrons. The molecule has 0 N–H and O–H groups in total. The van der Waals surface area contributed by atoms with Gasteiger partial charge in [0, 0.05) is 19.0 Å². The number of Topliss-reactive ketones (excluding diaryl/α,β-unsaturated/α-hetero) is 1. The van der Waals surface area contributed by atoms with E-state index in [9.17, 15) is 13.2 Å². The van der Waals surface area contributed by atoms with Gasteiger partial charge in [-0.2, -0.15) is 4.31 Å². The summed E-state index contributed by atoms with van der Waals surface area (Å²) in [4.78, 5) is 12.3. The zero-order valence-electron chi connectivity index (χ0n) is 11.8. The SMILES string of the molecule is Cc1ccc(S(=O)(=O)N2CC3CC(Br)C(=O)C(C3)C2)cc1. The molecule has 0 spiro atoms. The largest absolute Gasteiger partial charge is 0.298 e. The van der Waals surface area contributed by atoms with Crippen molar-refractivity contribution in [3.8, 4) is 0 Å². The van der Waals surface area contributed by atoms with Gasteiger partial charge >= 0.3 is 0 Å². The third-order valence-corrected chi connectivity index (χ3v) is 7.08. The number of nitrogens with zero attached hydrogens (tertiary/aromatic N) is 1. The fraction of sp³-hybridized carbons (Fsp3) is 0.533. The fourth-order valence-corrected chi connectivity index (χ4v) is 5.72. The summed E-state index contributed by atoms with van der Waals surface area (Å²) < 4.78 is 26.9. The molecule has 3 unspecified atom stereocenters. The van der Waals surface area contributed by atoms with E-state index < -0.39 is 10.0 Å². The van der Waals surface area contributed by atoms with Crippen LogP contribution in [0.5, 0.6) is 0 Å². The maximum absolute atomic E-state index is 12.7. The zero-order valence-corrected chi connectivity index (χ0v) is 14.2. The van der Waals surface area contributed by atoms with E-state index in [-0.39, 0.29) is 22.4 Å². The van der Waals surface area contributed by atoms with Gasteiger partial charge in [-0.05, 0) is 37.8 Å². The number of fused-ring (bicyclic) bond motifs is 2. The minimum Gasteiger partial charge on any atom is -0.298 e. The third-order valence-electron chi connectivity index (χ3n) is 4.41. The lowest BCUT2D eigenvalue weighted by Gasteiger charge is -2.41. The molecule has 21 heavy (non-hydrogen) atoms. The Labute approximate surface area is 133 Å². The maximum Gasteiger partial charge on any atom is 0.243 e. The molecule has 3 rings (SSSR count). The highest BCUT2D eigenvalue weighted by Crippen LogP contribution is 2.37. The number of benzene rings is 1. The van der Waals surface area contributed by atoms with Crippen molar-refractivity contribution in [2.75, 3.05) is 13.1 Å². The quantitative estimate of drug-likeness (QED) is 0.749. The van der Waals surface area contributed by atoms with Crippen LogP contribution in [0.1, 0.15) is 18.4 Å². The van der Waals surface area contributed by atoms with Crippen molar-refractivity contribution in [3.63, 3.8) is 0 Å². The molecule has 2 fully saturated rings. The van der Waals surface area contributed by atoms with Crippen LogP contribution in [0.3, 0.4) is 0 Å². The van der Waals surface area contributed by atoms with Crippen LogP contribution in [0.25, 0.3) is 0 Å². The zero-order chi connectivity index (χ0) is 15.2. The van der Waals surface area contributed by atoms with Crippen molar-refractivity contribution < 1.29 is 13.2 Å². The Balaban J connectivity index is 1.87. The molecule has 3 atom stereocenters. The predicted molar refractivity (Wildman–Crippen MR) is 83.9 cm³/mol. The lowest BCUT2D eigenvalue weighted by atomic mass is 9.78. The molecule has 0 aromatic heterocycles. The van der Waals surface area contributed by atoms with Crippen LogP contribution < -0.4 is 0 Å². The highest BCUT2D eigenvalue weighted by Gasteiger charge is 2.43. The van der Waals surface area contributed by atoms with E-state index in [1.54, 1.807) is 24.3 Å². The fourth-order valence-electron chi connectivity index (χ4n) is 3.26. The number of ketones is 1. The maximum atomic E-state index is 12.7. The first-order chi connectivity index (χ1) is 9.88. The third kappa shape index (κ3) is 2.81. The summed E-state index contributed by atoms with van der Waals surface area (Å²) in [5.41, 5.74) is 1.03. The molecular formula is C15H18BrNO3S. The number of alkyl halides is 1. The Kier molecular flexibility index (Phi) is 3.96. The molecule has 1 aromatic rings. The van der Waals surface area contributed by atoms with Crippen molar-refractivity contribution in [2.24, 2.45) is 11.8 Å².